The van der Waals surface area contributed by atoms with Crippen molar-refractivity contribution in [2.75, 3.05) is 33.1 Å². The van der Waals surface area contributed by atoms with E-state index in [0.29, 0.717) is 23.6 Å². The quantitative estimate of drug-likeness (QED) is 0.790. The predicted molar refractivity (Wildman–Crippen MR) is 101 cm³/mol. The van der Waals surface area contributed by atoms with E-state index in [-0.39, 0.29) is 24.8 Å². The summed E-state index contributed by atoms with van der Waals surface area (Å²) in [5, 5.41) is 2.77. The average molecular weight is 356 g/mol. The Morgan fingerprint density at radius 1 is 1.04 bits per heavy atom. The van der Waals surface area contributed by atoms with E-state index in [0.717, 1.165) is 5.56 Å². The van der Waals surface area contributed by atoms with Gasteiger partial charge in [0.1, 0.15) is 11.5 Å². The van der Waals surface area contributed by atoms with Gasteiger partial charge in [-0.3, -0.25) is 9.59 Å². The molecule has 0 unspecified atom stereocenters. The molecule has 0 spiro atoms. The fourth-order valence-electron chi connectivity index (χ4n) is 2.54. The van der Waals surface area contributed by atoms with E-state index >= 15 is 0 Å². The second kappa shape index (κ2) is 9.46. The molecule has 0 radical (unpaired) electrons. The summed E-state index contributed by atoms with van der Waals surface area (Å²) in [7, 11) is 4.80. The monoisotopic (exact) mass is 356 g/mol. The van der Waals surface area contributed by atoms with Crippen LogP contribution in [0.15, 0.2) is 48.5 Å². The minimum atomic E-state index is -0.231. The van der Waals surface area contributed by atoms with Crippen molar-refractivity contribution in [3.63, 3.8) is 0 Å². The van der Waals surface area contributed by atoms with Crippen LogP contribution in [0.3, 0.4) is 0 Å². The Morgan fingerprint density at radius 3 is 2.42 bits per heavy atom. The molecule has 6 nitrogen and oxygen atoms in total. The predicted octanol–water partition coefficient (Wildman–Crippen LogP) is 2.73. The van der Waals surface area contributed by atoms with Crippen molar-refractivity contribution in [2.24, 2.45) is 0 Å². The Balaban J connectivity index is 1.88. The minimum absolute atomic E-state index is 0.00295. The smallest absolute Gasteiger partial charge is 0.243 e. The van der Waals surface area contributed by atoms with Gasteiger partial charge in [0.25, 0.3) is 0 Å². The van der Waals surface area contributed by atoms with Gasteiger partial charge in [0.2, 0.25) is 11.8 Å². The molecule has 2 aromatic carbocycles. The maximum absolute atomic E-state index is 12.3. The maximum atomic E-state index is 12.3. The number of hydrogen-bond acceptors (Lipinski definition) is 4. The number of carbonyl (C=O) groups is 2. The molecule has 2 rings (SSSR count). The molecule has 0 aromatic heterocycles. The SMILES string of the molecule is COc1ccc(OC)c(CCC(=O)N(C)CC(=O)Nc2ccccc2)c1. The van der Waals surface area contributed by atoms with Gasteiger partial charge >= 0.3 is 0 Å². The lowest BCUT2D eigenvalue weighted by molar-refractivity contribution is -0.133. The number of ether oxygens (including phenoxy) is 2. The molecular formula is C20H24N2O4. The molecule has 0 saturated heterocycles. The van der Waals surface area contributed by atoms with E-state index in [1.54, 1.807) is 33.4 Å². The Bertz CT molecular complexity index is 747. The zero-order chi connectivity index (χ0) is 18.9. The number of hydrogen-bond donors (Lipinski definition) is 1. The van der Waals surface area contributed by atoms with Crippen LogP contribution in [0.2, 0.25) is 0 Å². The first-order valence-corrected chi connectivity index (χ1v) is 8.33. The molecule has 0 aliphatic carbocycles. The Hall–Kier alpha value is -3.02. The van der Waals surface area contributed by atoms with Crippen molar-refractivity contribution < 1.29 is 19.1 Å². The van der Waals surface area contributed by atoms with Gasteiger partial charge in [-0.2, -0.15) is 0 Å². The lowest BCUT2D eigenvalue weighted by Crippen LogP contribution is -2.35. The molecule has 0 bridgehead atoms. The van der Waals surface area contributed by atoms with Gasteiger partial charge < -0.3 is 19.7 Å². The minimum Gasteiger partial charge on any atom is -0.497 e. The molecule has 0 fully saturated rings. The molecule has 1 N–H and O–H groups in total. The molecule has 0 aliphatic rings. The van der Waals surface area contributed by atoms with Gasteiger partial charge in [-0.15, -0.1) is 0 Å². The molecular weight excluding hydrogens is 332 g/mol. The number of carbonyl (C=O) groups excluding carboxylic acids is 2. The van der Waals surface area contributed by atoms with Gasteiger partial charge in [0.05, 0.1) is 20.8 Å². The Labute approximate surface area is 153 Å². The van der Waals surface area contributed by atoms with Crippen LogP contribution >= 0.6 is 0 Å². The number of para-hydroxylation sites is 1. The molecule has 2 aromatic rings. The number of nitrogens with one attached hydrogen (secondary N) is 1. The van der Waals surface area contributed by atoms with Crippen LogP contribution in [0.25, 0.3) is 0 Å². The molecule has 6 heteroatoms. The van der Waals surface area contributed by atoms with Gasteiger partial charge in [-0.25, -0.2) is 0 Å². The van der Waals surface area contributed by atoms with Crippen LogP contribution in [-0.2, 0) is 16.0 Å². The first-order valence-electron chi connectivity index (χ1n) is 8.33. The fourth-order valence-corrected chi connectivity index (χ4v) is 2.54. The summed E-state index contributed by atoms with van der Waals surface area (Å²) < 4.78 is 10.5. The van der Waals surface area contributed by atoms with Crippen LogP contribution in [0.5, 0.6) is 11.5 Å². The second-order valence-electron chi connectivity index (χ2n) is 5.84. The van der Waals surface area contributed by atoms with E-state index in [1.807, 2.05) is 36.4 Å². The third kappa shape index (κ3) is 5.51. The number of amides is 2. The van der Waals surface area contributed by atoms with E-state index in [4.69, 9.17) is 9.47 Å². The number of methoxy groups -OCH3 is 2. The molecule has 0 aliphatic heterocycles. The Morgan fingerprint density at radius 2 is 1.77 bits per heavy atom. The Kier molecular flexibility index (Phi) is 7.02. The number of benzene rings is 2. The summed E-state index contributed by atoms with van der Waals surface area (Å²) in [6.07, 6.45) is 0.780. The fraction of sp³-hybridized carbons (Fsp3) is 0.300. The summed E-state index contributed by atoms with van der Waals surface area (Å²) >= 11 is 0. The summed E-state index contributed by atoms with van der Waals surface area (Å²) in [4.78, 5) is 25.8. The average Bonchev–Trinajstić information content (AvgIpc) is 2.66. The number of aryl methyl sites for hydroxylation is 1. The normalized spacial score (nSPS) is 10.1. The van der Waals surface area contributed by atoms with Crippen molar-refractivity contribution in [2.45, 2.75) is 12.8 Å². The molecule has 0 saturated carbocycles. The topological polar surface area (TPSA) is 67.9 Å². The van der Waals surface area contributed by atoms with Crippen LogP contribution < -0.4 is 14.8 Å². The van der Waals surface area contributed by atoms with Gasteiger partial charge in [-0.1, -0.05) is 18.2 Å². The highest BCUT2D eigenvalue weighted by Crippen LogP contribution is 2.25. The molecule has 138 valence electrons. The van der Waals surface area contributed by atoms with Crippen LogP contribution in [-0.4, -0.2) is 44.5 Å². The zero-order valence-corrected chi connectivity index (χ0v) is 15.3. The molecule has 0 heterocycles. The van der Waals surface area contributed by atoms with E-state index in [2.05, 4.69) is 5.32 Å². The lowest BCUT2D eigenvalue weighted by atomic mass is 10.1. The van der Waals surface area contributed by atoms with Crippen molar-refractivity contribution in [3.8, 4) is 11.5 Å². The largest absolute Gasteiger partial charge is 0.497 e. The maximum Gasteiger partial charge on any atom is 0.243 e. The molecule has 0 atom stereocenters. The number of rotatable bonds is 8. The number of nitrogens with zero attached hydrogens (tertiary/aromatic N) is 1. The van der Waals surface area contributed by atoms with E-state index in [1.165, 1.54) is 4.90 Å². The first-order chi connectivity index (χ1) is 12.5. The highest BCUT2D eigenvalue weighted by Gasteiger charge is 2.14. The van der Waals surface area contributed by atoms with Crippen LogP contribution in [0, 0.1) is 0 Å². The third-order valence-corrected chi connectivity index (χ3v) is 3.96. The van der Waals surface area contributed by atoms with Gasteiger partial charge in [0, 0.05) is 19.2 Å². The van der Waals surface area contributed by atoms with Crippen molar-refractivity contribution in [1.29, 1.82) is 0 Å². The summed E-state index contributed by atoms with van der Waals surface area (Å²) in [5.41, 5.74) is 1.60. The van der Waals surface area contributed by atoms with E-state index in [9.17, 15) is 9.59 Å². The van der Waals surface area contributed by atoms with Gasteiger partial charge in [0.15, 0.2) is 0 Å². The molecule has 2 amide bonds. The zero-order valence-electron chi connectivity index (χ0n) is 15.3. The second-order valence-corrected chi connectivity index (χ2v) is 5.84. The van der Waals surface area contributed by atoms with Crippen molar-refractivity contribution in [1.82, 2.24) is 4.90 Å². The van der Waals surface area contributed by atoms with E-state index < -0.39 is 0 Å². The van der Waals surface area contributed by atoms with Crippen LogP contribution in [0.4, 0.5) is 5.69 Å². The summed E-state index contributed by atoms with van der Waals surface area (Å²) in [6.45, 7) is 0.00295. The van der Waals surface area contributed by atoms with Gasteiger partial charge in [-0.05, 0) is 42.3 Å². The molecule has 26 heavy (non-hydrogen) atoms. The summed E-state index contributed by atoms with van der Waals surface area (Å²) in [6, 6.07) is 14.6. The van der Waals surface area contributed by atoms with Crippen molar-refractivity contribution >= 4 is 17.5 Å². The van der Waals surface area contributed by atoms with Crippen molar-refractivity contribution in [3.05, 3.63) is 54.1 Å². The summed E-state index contributed by atoms with van der Waals surface area (Å²) in [5.74, 6) is 1.08. The van der Waals surface area contributed by atoms with Crippen LogP contribution in [0.1, 0.15) is 12.0 Å². The lowest BCUT2D eigenvalue weighted by Gasteiger charge is -2.17. The highest BCUT2D eigenvalue weighted by molar-refractivity contribution is 5.94. The first kappa shape index (κ1) is 19.3. The number of anilines is 1. The highest BCUT2D eigenvalue weighted by atomic mass is 16.5. The number of likely N-dealkylation sites (N-methyl/N-ethyl adjacent to an activating group) is 1. The third-order valence-electron chi connectivity index (χ3n) is 3.96. The standard InChI is InChI=1S/C20H24N2O4/c1-22(14-19(23)21-16-7-5-4-6-8-16)20(24)12-9-15-13-17(25-2)10-11-18(15)26-3/h4-8,10-11,13H,9,12,14H2,1-3H3,(H,21,23).